The summed E-state index contributed by atoms with van der Waals surface area (Å²) in [5.41, 5.74) is 3.40. The molecule has 0 aliphatic rings. The molecule has 4 nitrogen and oxygen atoms in total. The molecule has 0 radical (unpaired) electrons. The largest absolute Gasteiger partial charge is 0.360 e. The topological polar surface area (TPSA) is 57.2 Å². The van der Waals surface area contributed by atoms with Gasteiger partial charge in [0.1, 0.15) is 0 Å². The van der Waals surface area contributed by atoms with E-state index in [4.69, 9.17) is 0 Å². The molecule has 1 aromatic rings. The summed E-state index contributed by atoms with van der Waals surface area (Å²) in [6, 6.07) is 3.78. The summed E-state index contributed by atoms with van der Waals surface area (Å²) in [4.78, 5) is 14.3. The van der Waals surface area contributed by atoms with Gasteiger partial charge in [-0.1, -0.05) is 32.6 Å². The van der Waals surface area contributed by atoms with Crippen molar-refractivity contribution in [3.63, 3.8) is 0 Å². The van der Waals surface area contributed by atoms with Crippen molar-refractivity contribution in [3.8, 4) is 0 Å². The van der Waals surface area contributed by atoms with Gasteiger partial charge in [0.05, 0.1) is 11.9 Å². The SMILES string of the molecule is CCCCCCCC(=O)NN=Cc1ccc[nH]1. The van der Waals surface area contributed by atoms with Crippen LogP contribution in [0.1, 0.15) is 51.1 Å². The Bertz CT molecular complexity index is 330. The predicted molar refractivity (Wildman–Crippen MR) is 69.9 cm³/mol. The Hall–Kier alpha value is -1.58. The number of carbonyl (C=O) groups excluding carboxylic acids is 1. The fourth-order valence-corrected chi connectivity index (χ4v) is 1.54. The summed E-state index contributed by atoms with van der Waals surface area (Å²) in [5.74, 6) is -0.00990. The second-order valence-corrected chi connectivity index (χ2v) is 4.08. The lowest BCUT2D eigenvalue weighted by Crippen LogP contribution is -2.16. The standard InChI is InChI=1S/C13H21N3O/c1-2-3-4-5-6-9-13(17)16-15-11-12-8-7-10-14-12/h7-8,10-11,14H,2-6,9H2,1H3,(H,16,17). The van der Waals surface area contributed by atoms with Gasteiger partial charge in [0.2, 0.25) is 5.91 Å². The van der Waals surface area contributed by atoms with Crippen molar-refractivity contribution in [2.75, 3.05) is 0 Å². The maximum Gasteiger partial charge on any atom is 0.240 e. The van der Waals surface area contributed by atoms with Crippen molar-refractivity contribution in [2.45, 2.75) is 45.4 Å². The van der Waals surface area contributed by atoms with E-state index in [1.165, 1.54) is 19.3 Å². The molecule has 0 saturated carbocycles. The van der Waals surface area contributed by atoms with Crippen LogP contribution in [-0.4, -0.2) is 17.1 Å². The number of H-pyrrole nitrogens is 1. The van der Waals surface area contributed by atoms with Gasteiger partial charge in [-0.25, -0.2) is 5.43 Å². The van der Waals surface area contributed by atoms with Crippen LogP contribution < -0.4 is 5.43 Å². The Morgan fingerprint density at radius 1 is 1.41 bits per heavy atom. The molecule has 0 saturated heterocycles. The minimum atomic E-state index is -0.00990. The molecule has 1 rings (SSSR count). The van der Waals surface area contributed by atoms with E-state index in [0.29, 0.717) is 6.42 Å². The molecule has 0 fully saturated rings. The van der Waals surface area contributed by atoms with Crippen LogP contribution in [0.2, 0.25) is 0 Å². The third-order valence-corrected chi connectivity index (χ3v) is 2.52. The highest BCUT2D eigenvalue weighted by molar-refractivity contribution is 5.80. The number of hydrazone groups is 1. The summed E-state index contributed by atoms with van der Waals surface area (Å²) < 4.78 is 0. The normalized spacial score (nSPS) is 10.9. The van der Waals surface area contributed by atoms with Crippen LogP contribution in [0.25, 0.3) is 0 Å². The van der Waals surface area contributed by atoms with Crippen LogP contribution in [0.5, 0.6) is 0 Å². The van der Waals surface area contributed by atoms with Crippen LogP contribution in [0.3, 0.4) is 0 Å². The van der Waals surface area contributed by atoms with Crippen LogP contribution in [0, 0.1) is 0 Å². The van der Waals surface area contributed by atoms with Gasteiger partial charge >= 0.3 is 0 Å². The fourth-order valence-electron chi connectivity index (χ4n) is 1.54. The van der Waals surface area contributed by atoms with Gasteiger partial charge in [-0.2, -0.15) is 5.10 Å². The molecule has 2 N–H and O–H groups in total. The predicted octanol–water partition coefficient (Wildman–Crippen LogP) is 2.83. The van der Waals surface area contributed by atoms with Crippen LogP contribution in [0.15, 0.2) is 23.4 Å². The lowest BCUT2D eigenvalue weighted by molar-refractivity contribution is -0.121. The summed E-state index contributed by atoms with van der Waals surface area (Å²) in [5, 5.41) is 3.87. The molecule has 0 spiro atoms. The molecule has 0 atom stereocenters. The smallest absolute Gasteiger partial charge is 0.240 e. The van der Waals surface area contributed by atoms with Crippen LogP contribution >= 0.6 is 0 Å². The van der Waals surface area contributed by atoms with E-state index in [9.17, 15) is 4.79 Å². The van der Waals surface area contributed by atoms with E-state index in [1.54, 1.807) is 6.21 Å². The highest BCUT2D eigenvalue weighted by Gasteiger charge is 1.98. The molecule has 0 bridgehead atoms. The number of aromatic nitrogens is 1. The first-order valence-corrected chi connectivity index (χ1v) is 6.28. The van der Waals surface area contributed by atoms with Gasteiger partial charge in [-0.05, 0) is 18.6 Å². The number of carbonyl (C=O) groups is 1. The average Bonchev–Trinajstić information content (AvgIpc) is 2.82. The van der Waals surface area contributed by atoms with Crippen LogP contribution in [-0.2, 0) is 4.79 Å². The molecular weight excluding hydrogens is 214 g/mol. The first-order chi connectivity index (χ1) is 8.33. The van der Waals surface area contributed by atoms with E-state index in [2.05, 4.69) is 22.4 Å². The molecule has 94 valence electrons. The zero-order valence-corrected chi connectivity index (χ0v) is 10.4. The van der Waals surface area contributed by atoms with E-state index < -0.39 is 0 Å². The van der Waals surface area contributed by atoms with Gasteiger partial charge < -0.3 is 4.98 Å². The van der Waals surface area contributed by atoms with Gasteiger partial charge in [-0.3, -0.25) is 4.79 Å². The molecule has 1 amide bonds. The van der Waals surface area contributed by atoms with Gasteiger partial charge in [0.25, 0.3) is 0 Å². The lowest BCUT2D eigenvalue weighted by Gasteiger charge is -1.99. The van der Waals surface area contributed by atoms with Crippen molar-refractivity contribution in [3.05, 3.63) is 24.0 Å². The molecule has 1 aromatic heterocycles. The van der Waals surface area contributed by atoms with Crippen molar-refractivity contribution in [2.24, 2.45) is 5.10 Å². The fraction of sp³-hybridized carbons (Fsp3) is 0.538. The first kappa shape index (κ1) is 13.5. The number of unbranched alkanes of at least 4 members (excludes halogenated alkanes) is 4. The maximum atomic E-state index is 11.4. The van der Waals surface area contributed by atoms with Crippen molar-refractivity contribution in [1.29, 1.82) is 0 Å². The third-order valence-electron chi connectivity index (χ3n) is 2.52. The maximum absolute atomic E-state index is 11.4. The van der Waals surface area contributed by atoms with E-state index >= 15 is 0 Å². The zero-order chi connectivity index (χ0) is 12.3. The number of rotatable bonds is 8. The highest BCUT2D eigenvalue weighted by Crippen LogP contribution is 2.04. The minimum absolute atomic E-state index is 0.00990. The van der Waals surface area contributed by atoms with Gasteiger partial charge in [-0.15, -0.1) is 0 Å². The highest BCUT2D eigenvalue weighted by atomic mass is 16.2. The molecule has 0 aliphatic carbocycles. The molecule has 4 heteroatoms. The Morgan fingerprint density at radius 2 is 2.24 bits per heavy atom. The first-order valence-electron chi connectivity index (χ1n) is 6.28. The van der Waals surface area contributed by atoms with Crippen molar-refractivity contribution < 1.29 is 4.79 Å². The molecular formula is C13H21N3O. The molecule has 0 aromatic carbocycles. The number of hydrogen-bond acceptors (Lipinski definition) is 2. The molecule has 0 aliphatic heterocycles. The number of hydrogen-bond donors (Lipinski definition) is 2. The number of nitrogens with zero attached hydrogens (tertiary/aromatic N) is 1. The number of nitrogens with one attached hydrogen (secondary N) is 2. The number of amides is 1. The summed E-state index contributed by atoms with van der Waals surface area (Å²) in [7, 11) is 0. The Balaban J connectivity index is 2.05. The summed E-state index contributed by atoms with van der Waals surface area (Å²) in [6.45, 7) is 2.18. The van der Waals surface area contributed by atoms with E-state index in [1.807, 2.05) is 18.3 Å². The average molecular weight is 235 g/mol. The van der Waals surface area contributed by atoms with Crippen molar-refractivity contribution in [1.82, 2.24) is 10.4 Å². The lowest BCUT2D eigenvalue weighted by atomic mass is 10.1. The summed E-state index contributed by atoms with van der Waals surface area (Å²) >= 11 is 0. The molecule has 0 unspecified atom stereocenters. The molecule has 17 heavy (non-hydrogen) atoms. The van der Waals surface area contributed by atoms with Crippen LogP contribution in [0.4, 0.5) is 0 Å². The zero-order valence-electron chi connectivity index (χ0n) is 10.4. The number of aromatic amines is 1. The minimum Gasteiger partial charge on any atom is -0.360 e. The second kappa shape index (κ2) is 8.56. The Kier molecular flexibility index (Phi) is 6.79. The van der Waals surface area contributed by atoms with Crippen molar-refractivity contribution >= 4 is 12.1 Å². The second-order valence-electron chi connectivity index (χ2n) is 4.08. The van der Waals surface area contributed by atoms with Gasteiger partial charge in [0.15, 0.2) is 0 Å². The Labute approximate surface area is 103 Å². The third kappa shape index (κ3) is 6.56. The quantitative estimate of drug-likeness (QED) is 0.406. The van der Waals surface area contributed by atoms with E-state index in [0.717, 1.165) is 18.5 Å². The van der Waals surface area contributed by atoms with E-state index in [-0.39, 0.29) is 5.91 Å². The monoisotopic (exact) mass is 235 g/mol. The Morgan fingerprint density at radius 3 is 2.94 bits per heavy atom. The molecule has 1 heterocycles. The summed E-state index contributed by atoms with van der Waals surface area (Å²) in [6.07, 6.45) is 9.76. The van der Waals surface area contributed by atoms with Gasteiger partial charge in [0, 0.05) is 12.6 Å².